The Morgan fingerprint density at radius 3 is 2.04 bits per heavy atom. The SMILES string of the molecule is COc1ccc(COCO[C@H]2[C@H](OCOCC[Si](C)(C)C)[C@@H](O[Si](C)(C)C(C)(C)C)[C@@H](C=O)O[C@@H]2CCCOC(=O)C(C)(C)C)cc1. The van der Waals surface area contributed by atoms with E-state index in [1.165, 1.54) is 0 Å². The molecule has 0 aromatic heterocycles. The molecule has 10 nitrogen and oxygen atoms in total. The molecule has 1 aliphatic heterocycles. The number of methoxy groups -OCH3 is 1. The zero-order valence-electron chi connectivity index (χ0n) is 31.0. The van der Waals surface area contributed by atoms with Crippen LogP contribution in [0.5, 0.6) is 5.75 Å². The summed E-state index contributed by atoms with van der Waals surface area (Å²) in [5, 5.41) is -0.121. The molecule has 0 amide bonds. The first kappa shape index (κ1) is 41.5. The van der Waals surface area contributed by atoms with Crippen molar-refractivity contribution in [2.75, 3.05) is 33.9 Å². The first-order valence-corrected chi connectivity index (χ1v) is 23.4. The predicted octanol–water partition coefficient (Wildman–Crippen LogP) is 6.98. The molecule has 1 saturated heterocycles. The van der Waals surface area contributed by atoms with Crippen molar-refractivity contribution < 1.29 is 47.2 Å². The summed E-state index contributed by atoms with van der Waals surface area (Å²) in [6, 6.07) is 8.63. The maximum absolute atomic E-state index is 12.6. The molecule has 2 rings (SSSR count). The van der Waals surface area contributed by atoms with Gasteiger partial charge in [-0.15, -0.1) is 0 Å². The standard InChI is InChI=1S/C35H62O10Si2/c1-34(2,3)33(37)41-19-13-14-28-30(42-25-40-23-26-15-17-27(38-7)18-16-26)32(43-24-39-20-21-46(8,9)10)31(29(22-36)44-28)45-47(11,12)35(4,5)6/h15-18,22,28-32H,13-14,19-21,23-25H2,1-12H3/t28-,29-,30-,31+,32+/m1/s1. The van der Waals surface area contributed by atoms with Crippen LogP contribution in [0, 0.1) is 5.41 Å². The van der Waals surface area contributed by atoms with Crippen LogP contribution in [0.3, 0.4) is 0 Å². The minimum Gasteiger partial charge on any atom is -0.497 e. The van der Waals surface area contributed by atoms with E-state index in [0.717, 1.165) is 23.6 Å². The molecular formula is C35H62O10Si2. The van der Waals surface area contributed by atoms with Crippen molar-refractivity contribution in [3.63, 3.8) is 0 Å². The van der Waals surface area contributed by atoms with Crippen LogP contribution in [0.4, 0.5) is 0 Å². The molecule has 5 atom stereocenters. The van der Waals surface area contributed by atoms with Gasteiger partial charge in [-0.1, -0.05) is 52.5 Å². The zero-order chi connectivity index (χ0) is 35.5. The maximum atomic E-state index is 12.6. The van der Waals surface area contributed by atoms with Gasteiger partial charge in [-0.3, -0.25) is 4.79 Å². The monoisotopic (exact) mass is 698 g/mol. The van der Waals surface area contributed by atoms with Crippen LogP contribution < -0.4 is 4.74 Å². The summed E-state index contributed by atoms with van der Waals surface area (Å²) < 4.78 is 48.8. The van der Waals surface area contributed by atoms with Crippen LogP contribution in [0.15, 0.2) is 24.3 Å². The van der Waals surface area contributed by atoms with Gasteiger partial charge in [-0.2, -0.15) is 0 Å². The Morgan fingerprint density at radius 1 is 0.872 bits per heavy atom. The third kappa shape index (κ3) is 14.0. The summed E-state index contributed by atoms with van der Waals surface area (Å²) in [6.07, 6.45) is -1.68. The molecule has 1 aromatic carbocycles. The topological polar surface area (TPSA) is 108 Å². The van der Waals surface area contributed by atoms with E-state index in [1.807, 2.05) is 45.0 Å². The molecule has 1 aromatic rings. The van der Waals surface area contributed by atoms with Gasteiger partial charge < -0.3 is 42.4 Å². The molecule has 0 unspecified atom stereocenters. The van der Waals surface area contributed by atoms with Gasteiger partial charge >= 0.3 is 5.97 Å². The van der Waals surface area contributed by atoms with Gasteiger partial charge in [0.2, 0.25) is 0 Å². The Hall–Kier alpha value is -1.65. The van der Waals surface area contributed by atoms with E-state index in [1.54, 1.807) is 7.11 Å². The quantitative estimate of drug-likeness (QED) is 0.0494. The number of carbonyl (C=O) groups excluding carboxylic acids is 2. The Morgan fingerprint density at radius 2 is 1.49 bits per heavy atom. The molecule has 0 saturated carbocycles. The first-order valence-electron chi connectivity index (χ1n) is 16.8. The molecule has 12 heteroatoms. The number of aldehydes is 1. The summed E-state index contributed by atoms with van der Waals surface area (Å²) in [7, 11) is -2.05. The highest BCUT2D eigenvalue weighted by molar-refractivity contribution is 6.76. The fourth-order valence-corrected chi connectivity index (χ4v) is 6.62. The Balaban J connectivity index is 2.30. The van der Waals surface area contributed by atoms with Crippen LogP contribution in [0.2, 0.25) is 43.8 Å². The second-order valence-electron chi connectivity index (χ2n) is 16.1. The molecule has 1 aliphatic rings. The fourth-order valence-electron chi connectivity index (χ4n) is 4.56. The zero-order valence-corrected chi connectivity index (χ0v) is 33.0. The lowest BCUT2D eigenvalue weighted by Gasteiger charge is -2.49. The van der Waals surface area contributed by atoms with Crippen LogP contribution in [-0.2, 0) is 49.0 Å². The van der Waals surface area contributed by atoms with E-state index in [9.17, 15) is 9.59 Å². The van der Waals surface area contributed by atoms with Crippen molar-refractivity contribution in [3.8, 4) is 5.75 Å². The van der Waals surface area contributed by atoms with Gasteiger partial charge in [0.05, 0.1) is 31.8 Å². The summed E-state index contributed by atoms with van der Waals surface area (Å²) in [4.78, 5) is 24.9. The second kappa shape index (κ2) is 18.4. The highest BCUT2D eigenvalue weighted by Crippen LogP contribution is 2.40. The minimum absolute atomic E-state index is 0.0283. The molecule has 0 bridgehead atoms. The minimum atomic E-state index is -2.38. The van der Waals surface area contributed by atoms with Crippen LogP contribution in [-0.4, -0.2) is 93.1 Å². The summed E-state index contributed by atoms with van der Waals surface area (Å²) in [5.41, 5.74) is 0.370. The van der Waals surface area contributed by atoms with Crippen molar-refractivity contribution in [1.82, 2.24) is 0 Å². The van der Waals surface area contributed by atoms with E-state index < -0.39 is 52.3 Å². The molecule has 0 radical (unpaired) electrons. The fraction of sp³-hybridized carbons (Fsp3) is 0.771. The van der Waals surface area contributed by atoms with Crippen LogP contribution in [0.25, 0.3) is 0 Å². The largest absolute Gasteiger partial charge is 0.497 e. The van der Waals surface area contributed by atoms with Gasteiger partial charge in [-0.05, 0) is 75.5 Å². The number of ether oxygens (including phenoxy) is 7. The van der Waals surface area contributed by atoms with E-state index >= 15 is 0 Å². The molecule has 47 heavy (non-hydrogen) atoms. The van der Waals surface area contributed by atoms with Gasteiger partial charge in [0.1, 0.15) is 43.8 Å². The molecule has 1 fully saturated rings. The van der Waals surface area contributed by atoms with Gasteiger partial charge in [0.15, 0.2) is 14.6 Å². The van der Waals surface area contributed by atoms with E-state index in [2.05, 4.69) is 53.5 Å². The highest BCUT2D eigenvalue weighted by atomic mass is 28.4. The lowest BCUT2D eigenvalue weighted by molar-refractivity contribution is -0.268. The molecule has 270 valence electrons. The first-order chi connectivity index (χ1) is 21.8. The normalized spacial score (nSPS) is 22.6. The van der Waals surface area contributed by atoms with Crippen molar-refractivity contribution in [2.45, 2.75) is 135 Å². The average Bonchev–Trinajstić information content (AvgIpc) is 2.97. The van der Waals surface area contributed by atoms with Gasteiger partial charge in [0.25, 0.3) is 0 Å². The second-order valence-corrected chi connectivity index (χ2v) is 26.4. The lowest BCUT2D eigenvalue weighted by Crippen LogP contribution is -2.63. The summed E-state index contributed by atoms with van der Waals surface area (Å²) in [5.74, 6) is 0.497. The van der Waals surface area contributed by atoms with Gasteiger partial charge in [-0.25, -0.2) is 0 Å². The third-order valence-electron chi connectivity index (χ3n) is 8.63. The number of benzene rings is 1. The lowest BCUT2D eigenvalue weighted by atomic mass is 9.92. The van der Waals surface area contributed by atoms with E-state index in [-0.39, 0.29) is 31.2 Å². The van der Waals surface area contributed by atoms with Gasteiger partial charge in [0, 0.05) is 14.7 Å². The Kier molecular flexibility index (Phi) is 16.2. The van der Waals surface area contributed by atoms with Crippen LogP contribution in [0.1, 0.15) is 59.9 Å². The molecule has 0 N–H and O–H groups in total. The van der Waals surface area contributed by atoms with Crippen molar-refractivity contribution in [3.05, 3.63) is 29.8 Å². The number of rotatable bonds is 19. The predicted molar refractivity (Wildman–Crippen MR) is 188 cm³/mol. The highest BCUT2D eigenvalue weighted by Gasteiger charge is 2.51. The number of hydrogen-bond donors (Lipinski definition) is 0. The Labute approximate surface area is 285 Å². The summed E-state index contributed by atoms with van der Waals surface area (Å²) >= 11 is 0. The molecule has 1 heterocycles. The van der Waals surface area contributed by atoms with E-state index in [0.29, 0.717) is 26.1 Å². The average molecular weight is 699 g/mol. The molecular weight excluding hydrogens is 637 g/mol. The number of carbonyl (C=O) groups is 2. The summed E-state index contributed by atoms with van der Waals surface area (Å²) in [6.45, 7) is 24.2. The molecule has 0 aliphatic carbocycles. The van der Waals surface area contributed by atoms with Crippen molar-refractivity contribution >= 4 is 28.6 Å². The molecule has 0 spiro atoms. The van der Waals surface area contributed by atoms with Crippen molar-refractivity contribution in [2.24, 2.45) is 5.41 Å². The number of hydrogen-bond acceptors (Lipinski definition) is 10. The maximum Gasteiger partial charge on any atom is 0.311 e. The van der Waals surface area contributed by atoms with E-state index in [4.69, 9.17) is 37.6 Å². The smallest absolute Gasteiger partial charge is 0.311 e. The third-order valence-corrected chi connectivity index (χ3v) is 14.8. The van der Waals surface area contributed by atoms with Crippen molar-refractivity contribution in [1.29, 1.82) is 0 Å². The number of esters is 1. The Bertz CT molecular complexity index is 1080. The van der Waals surface area contributed by atoms with Crippen LogP contribution >= 0.6 is 0 Å².